The van der Waals surface area contributed by atoms with Gasteiger partial charge in [0.2, 0.25) is 0 Å². The van der Waals surface area contributed by atoms with Gasteiger partial charge in [-0.3, -0.25) is 0 Å². The molecule has 0 saturated heterocycles. The zero-order chi connectivity index (χ0) is 10.6. The van der Waals surface area contributed by atoms with Gasteiger partial charge in [0.05, 0.1) is 6.10 Å². The number of aliphatic hydroxyl groups is 1. The maximum absolute atomic E-state index is 9.74. The van der Waals surface area contributed by atoms with Crippen LogP contribution in [0.15, 0.2) is 0 Å². The summed E-state index contributed by atoms with van der Waals surface area (Å²) >= 11 is 0. The predicted molar refractivity (Wildman–Crippen MR) is 60.3 cm³/mol. The van der Waals surface area contributed by atoms with Gasteiger partial charge in [0.1, 0.15) is 0 Å². The zero-order valence-electron chi connectivity index (χ0n) is 9.87. The maximum atomic E-state index is 9.74. The Morgan fingerprint density at radius 2 is 1.93 bits per heavy atom. The Balaban J connectivity index is 2.34. The number of nitrogens with zero attached hydrogens (tertiary/aromatic N) is 1. The number of rotatable bonds is 5. The summed E-state index contributed by atoms with van der Waals surface area (Å²) in [4.78, 5) is 2.43. The van der Waals surface area contributed by atoms with Crippen molar-refractivity contribution in [2.75, 3.05) is 13.6 Å². The van der Waals surface area contributed by atoms with Crippen LogP contribution in [0, 0.1) is 5.92 Å². The van der Waals surface area contributed by atoms with E-state index < -0.39 is 0 Å². The summed E-state index contributed by atoms with van der Waals surface area (Å²) in [5.41, 5.74) is 0. The van der Waals surface area contributed by atoms with Crippen LogP contribution in [0.4, 0.5) is 0 Å². The van der Waals surface area contributed by atoms with Crippen molar-refractivity contribution in [2.24, 2.45) is 5.92 Å². The van der Waals surface area contributed by atoms with E-state index in [1.165, 1.54) is 25.7 Å². The van der Waals surface area contributed by atoms with Gasteiger partial charge in [-0.15, -0.1) is 0 Å². The SMILES string of the molecule is CCC(CC)N(C)CC1CCCC1O. The first-order valence-electron chi connectivity index (χ1n) is 6.07. The molecule has 1 saturated carbocycles. The van der Waals surface area contributed by atoms with Crippen molar-refractivity contribution >= 4 is 0 Å². The molecule has 2 atom stereocenters. The quantitative estimate of drug-likeness (QED) is 0.734. The molecule has 0 radical (unpaired) electrons. The average Bonchev–Trinajstić information content (AvgIpc) is 2.54. The highest BCUT2D eigenvalue weighted by Crippen LogP contribution is 2.26. The minimum Gasteiger partial charge on any atom is -0.393 e. The van der Waals surface area contributed by atoms with Crippen LogP contribution in [-0.2, 0) is 0 Å². The molecule has 1 fully saturated rings. The zero-order valence-corrected chi connectivity index (χ0v) is 9.87. The monoisotopic (exact) mass is 199 g/mol. The van der Waals surface area contributed by atoms with E-state index in [2.05, 4.69) is 25.8 Å². The van der Waals surface area contributed by atoms with Gasteiger partial charge < -0.3 is 10.0 Å². The molecule has 1 aliphatic carbocycles. The Labute approximate surface area is 88.3 Å². The van der Waals surface area contributed by atoms with Crippen molar-refractivity contribution in [3.05, 3.63) is 0 Å². The molecule has 0 bridgehead atoms. The number of aliphatic hydroxyl groups excluding tert-OH is 1. The highest BCUT2D eigenvalue weighted by Gasteiger charge is 2.27. The summed E-state index contributed by atoms with van der Waals surface area (Å²) in [5, 5.41) is 9.74. The van der Waals surface area contributed by atoms with Gasteiger partial charge in [-0.05, 0) is 38.6 Å². The molecule has 0 amide bonds. The molecule has 1 rings (SSSR count). The standard InChI is InChI=1S/C12H25NO/c1-4-11(5-2)13(3)9-10-7-6-8-12(10)14/h10-12,14H,4-9H2,1-3H3. The first-order valence-corrected chi connectivity index (χ1v) is 6.07. The van der Waals surface area contributed by atoms with Crippen molar-refractivity contribution in [2.45, 2.75) is 58.1 Å². The fraction of sp³-hybridized carbons (Fsp3) is 1.00. The largest absolute Gasteiger partial charge is 0.393 e. The number of hydrogen-bond acceptors (Lipinski definition) is 2. The van der Waals surface area contributed by atoms with Crippen LogP contribution in [-0.4, -0.2) is 35.7 Å². The average molecular weight is 199 g/mol. The van der Waals surface area contributed by atoms with E-state index in [9.17, 15) is 5.11 Å². The van der Waals surface area contributed by atoms with Crippen LogP contribution in [0.2, 0.25) is 0 Å². The molecule has 0 heterocycles. The molecule has 1 N–H and O–H groups in total. The molecule has 84 valence electrons. The van der Waals surface area contributed by atoms with Gasteiger partial charge in [0.15, 0.2) is 0 Å². The Kier molecular flexibility index (Phi) is 4.90. The first kappa shape index (κ1) is 12.0. The fourth-order valence-corrected chi connectivity index (χ4v) is 2.66. The van der Waals surface area contributed by atoms with E-state index >= 15 is 0 Å². The van der Waals surface area contributed by atoms with Gasteiger partial charge in [-0.1, -0.05) is 20.3 Å². The van der Waals surface area contributed by atoms with Crippen LogP contribution in [0.1, 0.15) is 46.0 Å². The van der Waals surface area contributed by atoms with Crippen molar-refractivity contribution in [1.29, 1.82) is 0 Å². The summed E-state index contributed by atoms with van der Waals surface area (Å²) in [6, 6.07) is 0.697. The highest BCUT2D eigenvalue weighted by atomic mass is 16.3. The smallest absolute Gasteiger partial charge is 0.0580 e. The van der Waals surface area contributed by atoms with Crippen LogP contribution in [0.25, 0.3) is 0 Å². The van der Waals surface area contributed by atoms with Gasteiger partial charge >= 0.3 is 0 Å². The van der Waals surface area contributed by atoms with Crippen molar-refractivity contribution in [1.82, 2.24) is 4.90 Å². The maximum Gasteiger partial charge on any atom is 0.0580 e. The summed E-state index contributed by atoms with van der Waals surface area (Å²) in [6.45, 7) is 5.57. The molecule has 0 spiro atoms. The topological polar surface area (TPSA) is 23.5 Å². The third-order valence-electron chi connectivity index (χ3n) is 3.71. The van der Waals surface area contributed by atoms with E-state index in [1.54, 1.807) is 0 Å². The van der Waals surface area contributed by atoms with Crippen LogP contribution < -0.4 is 0 Å². The van der Waals surface area contributed by atoms with E-state index in [-0.39, 0.29) is 6.10 Å². The summed E-state index contributed by atoms with van der Waals surface area (Å²) < 4.78 is 0. The lowest BCUT2D eigenvalue weighted by atomic mass is 10.0. The summed E-state index contributed by atoms with van der Waals surface area (Å²) in [7, 11) is 2.20. The van der Waals surface area contributed by atoms with Gasteiger partial charge in [-0.25, -0.2) is 0 Å². The highest BCUT2D eigenvalue weighted by molar-refractivity contribution is 4.80. The Hall–Kier alpha value is -0.0800. The molecule has 2 unspecified atom stereocenters. The fourth-order valence-electron chi connectivity index (χ4n) is 2.66. The van der Waals surface area contributed by atoms with Crippen molar-refractivity contribution < 1.29 is 5.11 Å². The molecule has 0 aromatic rings. The molecule has 0 aromatic carbocycles. The summed E-state index contributed by atoms with van der Waals surface area (Å²) in [6.07, 6.45) is 5.84. The van der Waals surface area contributed by atoms with E-state index in [1.807, 2.05) is 0 Å². The minimum atomic E-state index is -0.0354. The van der Waals surface area contributed by atoms with E-state index in [0.29, 0.717) is 12.0 Å². The Bertz CT molecular complexity index is 156. The molecule has 0 aliphatic heterocycles. The van der Waals surface area contributed by atoms with Crippen molar-refractivity contribution in [3.8, 4) is 0 Å². The van der Waals surface area contributed by atoms with Gasteiger partial charge in [0.25, 0.3) is 0 Å². The van der Waals surface area contributed by atoms with E-state index in [0.717, 1.165) is 13.0 Å². The molecule has 2 heteroatoms. The predicted octanol–water partition coefficient (Wildman–Crippen LogP) is 2.27. The Morgan fingerprint density at radius 1 is 1.29 bits per heavy atom. The normalized spacial score (nSPS) is 27.9. The molecular formula is C12H25NO. The lowest BCUT2D eigenvalue weighted by Crippen LogP contribution is -2.36. The third kappa shape index (κ3) is 2.96. The second kappa shape index (κ2) is 5.72. The summed E-state index contributed by atoms with van der Waals surface area (Å²) in [5.74, 6) is 0.528. The van der Waals surface area contributed by atoms with Crippen LogP contribution in [0.3, 0.4) is 0 Å². The van der Waals surface area contributed by atoms with Gasteiger partial charge in [0, 0.05) is 12.6 Å². The second-order valence-electron chi connectivity index (χ2n) is 4.67. The minimum absolute atomic E-state index is 0.0354. The molecule has 1 aliphatic rings. The first-order chi connectivity index (χ1) is 6.69. The van der Waals surface area contributed by atoms with Crippen molar-refractivity contribution in [3.63, 3.8) is 0 Å². The molecule has 14 heavy (non-hydrogen) atoms. The van der Waals surface area contributed by atoms with Gasteiger partial charge in [-0.2, -0.15) is 0 Å². The molecule has 2 nitrogen and oxygen atoms in total. The third-order valence-corrected chi connectivity index (χ3v) is 3.71. The lowest BCUT2D eigenvalue weighted by molar-refractivity contribution is 0.0948. The molecular weight excluding hydrogens is 174 g/mol. The lowest BCUT2D eigenvalue weighted by Gasteiger charge is -2.29. The van der Waals surface area contributed by atoms with Crippen LogP contribution in [0.5, 0.6) is 0 Å². The van der Waals surface area contributed by atoms with Crippen LogP contribution >= 0.6 is 0 Å². The van der Waals surface area contributed by atoms with E-state index in [4.69, 9.17) is 0 Å². The molecule has 0 aromatic heterocycles. The second-order valence-corrected chi connectivity index (χ2v) is 4.67. The number of hydrogen-bond donors (Lipinski definition) is 1. The Morgan fingerprint density at radius 3 is 2.36 bits per heavy atom.